The minimum atomic E-state index is -0.236. The number of para-hydroxylation sites is 1. The Balaban J connectivity index is 1.63. The fourth-order valence-corrected chi connectivity index (χ4v) is 3.09. The van der Waals surface area contributed by atoms with E-state index in [1.54, 1.807) is 12.1 Å². The van der Waals surface area contributed by atoms with E-state index in [0.717, 1.165) is 44.6 Å². The monoisotopic (exact) mass is 328 g/mol. The first-order valence-electron chi connectivity index (χ1n) is 7.97. The van der Waals surface area contributed by atoms with E-state index in [4.69, 9.17) is 0 Å². The number of hydrogen-bond donors (Lipinski definition) is 2. The summed E-state index contributed by atoms with van der Waals surface area (Å²) < 4.78 is 13.1. The molecule has 25 heavy (non-hydrogen) atoms. The van der Waals surface area contributed by atoms with Crippen LogP contribution in [0.25, 0.3) is 44.6 Å². The van der Waals surface area contributed by atoms with E-state index in [1.165, 1.54) is 12.1 Å². The number of H-pyrrole nitrogens is 2. The smallest absolute Gasteiger partial charge is 0.157 e. The van der Waals surface area contributed by atoms with Gasteiger partial charge >= 0.3 is 0 Å². The predicted octanol–water partition coefficient (Wildman–Crippen LogP) is 4.91. The summed E-state index contributed by atoms with van der Waals surface area (Å²) in [6, 6.07) is 20.4. The first kappa shape index (κ1) is 13.9. The number of nitrogens with zero attached hydrogens (tertiary/aromatic N) is 2. The lowest BCUT2D eigenvalue weighted by Gasteiger charge is -2.01. The summed E-state index contributed by atoms with van der Waals surface area (Å²) >= 11 is 0. The van der Waals surface area contributed by atoms with Gasteiger partial charge in [-0.2, -0.15) is 5.10 Å². The van der Waals surface area contributed by atoms with Gasteiger partial charge in [-0.15, -0.1) is 0 Å². The number of nitrogens with one attached hydrogen (secondary N) is 2. The van der Waals surface area contributed by atoms with Crippen molar-refractivity contribution in [3.8, 4) is 22.6 Å². The Kier molecular flexibility index (Phi) is 2.94. The number of rotatable bonds is 2. The molecular weight excluding hydrogens is 315 g/mol. The SMILES string of the molecule is Fc1ccc(-c2ccc3nc(-c4[nH]nc5ccccc45)[nH]c3c2)cc1. The van der Waals surface area contributed by atoms with Gasteiger partial charge in [0.05, 0.1) is 16.6 Å². The van der Waals surface area contributed by atoms with Gasteiger partial charge < -0.3 is 4.98 Å². The molecule has 0 radical (unpaired) electrons. The molecule has 2 N–H and O–H groups in total. The van der Waals surface area contributed by atoms with Gasteiger partial charge in [-0.1, -0.05) is 36.4 Å². The van der Waals surface area contributed by atoms with Crippen molar-refractivity contribution >= 4 is 21.9 Å². The summed E-state index contributed by atoms with van der Waals surface area (Å²) in [4.78, 5) is 8.02. The molecule has 4 nitrogen and oxygen atoms in total. The van der Waals surface area contributed by atoms with Crippen LogP contribution in [0.2, 0.25) is 0 Å². The number of hydrogen-bond acceptors (Lipinski definition) is 2. The number of benzene rings is 3. The first-order valence-corrected chi connectivity index (χ1v) is 7.97. The molecule has 0 aliphatic rings. The molecule has 5 rings (SSSR count). The molecule has 0 amide bonds. The molecule has 0 fully saturated rings. The van der Waals surface area contributed by atoms with Crippen LogP contribution in [0.5, 0.6) is 0 Å². The lowest BCUT2D eigenvalue weighted by Crippen LogP contribution is -1.81. The zero-order valence-electron chi connectivity index (χ0n) is 13.1. The lowest BCUT2D eigenvalue weighted by atomic mass is 10.1. The van der Waals surface area contributed by atoms with Crippen molar-refractivity contribution in [2.24, 2.45) is 0 Å². The van der Waals surface area contributed by atoms with E-state index in [-0.39, 0.29) is 5.82 Å². The second kappa shape index (κ2) is 5.27. The summed E-state index contributed by atoms with van der Waals surface area (Å²) in [6.45, 7) is 0. The van der Waals surface area contributed by atoms with E-state index in [0.29, 0.717) is 0 Å². The molecule has 2 heterocycles. The lowest BCUT2D eigenvalue weighted by molar-refractivity contribution is 0.628. The molecule has 120 valence electrons. The van der Waals surface area contributed by atoms with Crippen molar-refractivity contribution in [3.63, 3.8) is 0 Å². The molecular formula is C20H13FN4. The summed E-state index contributed by atoms with van der Waals surface area (Å²) in [7, 11) is 0. The Morgan fingerprint density at radius 2 is 1.60 bits per heavy atom. The molecule has 0 aliphatic heterocycles. The highest BCUT2D eigenvalue weighted by atomic mass is 19.1. The Bertz CT molecular complexity index is 1200. The highest BCUT2D eigenvalue weighted by molar-refractivity contribution is 5.93. The van der Waals surface area contributed by atoms with Crippen molar-refractivity contribution in [2.75, 3.05) is 0 Å². The van der Waals surface area contributed by atoms with Crippen LogP contribution in [0.1, 0.15) is 0 Å². The van der Waals surface area contributed by atoms with E-state index in [2.05, 4.69) is 20.2 Å². The topological polar surface area (TPSA) is 57.4 Å². The highest BCUT2D eigenvalue weighted by Gasteiger charge is 2.12. The van der Waals surface area contributed by atoms with Gasteiger partial charge in [-0.25, -0.2) is 9.37 Å². The molecule has 0 atom stereocenters. The predicted molar refractivity (Wildman–Crippen MR) is 96.6 cm³/mol. The van der Waals surface area contributed by atoms with E-state index < -0.39 is 0 Å². The molecule has 0 saturated heterocycles. The van der Waals surface area contributed by atoms with Crippen LogP contribution >= 0.6 is 0 Å². The third kappa shape index (κ3) is 2.29. The maximum Gasteiger partial charge on any atom is 0.157 e. The number of imidazole rings is 1. The maximum absolute atomic E-state index is 13.1. The zero-order chi connectivity index (χ0) is 16.8. The molecule has 0 aliphatic carbocycles. The van der Waals surface area contributed by atoms with Gasteiger partial charge in [0.25, 0.3) is 0 Å². The van der Waals surface area contributed by atoms with Crippen LogP contribution in [0.4, 0.5) is 4.39 Å². The van der Waals surface area contributed by atoms with Gasteiger partial charge in [0.2, 0.25) is 0 Å². The molecule has 0 bridgehead atoms. The van der Waals surface area contributed by atoms with Crippen LogP contribution in [0.15, 0.2) is 66.7 Å². The summed E-state index contributed by atoms with van der Waals surface area (Å²) in [5, 5.41) is 8.40. The fraction of sp³-hybridized carbons (Fsp3) is 0. The minimum absolute atomic E-state index is 0.236. The third-order valence-electron chi connectivity index (χ3n) is 4.36. The Hall–Kier alpha value is -3.47. The second-order valence-electron chi connectivity index (χ2n) is 5.94. The van der Waals surface area contributed by atoms with E-state index >= 15 is 0 Å². The molecule has 5 aromatic rings. The van der Waals surface area contributed by atoms with Crippen molar-refractivity contribution in [3.05, 3.63) is 72.5 Å². The Morgan fingerprint density at radius 3 is 2.48 bits per heavy atom. The molecule has 0 saturated carbocycles. The number of halogens is 1. The normalized spacial score (nSPS) is 11.4. The minimum Gasteiger partial charge on any atom is -0.337 e. The standard InChI is InChI=1S/C20H13FN4/c21-14-8-5-12(6-9-14)13-7-10-17-18(11-13)23-20(22-17)19-15-3-1-2-4-16(15)24-25-19/h1-11H,(H,22,23)(H,24,25). The summed E-state index contributed by atoms with van der Waals surface area (Å²) in [5.41, 5.74) is 5.55. The average molecular weight is 328 g/mol. The largest absolute Gasteiger partial charge is 0.337 e. The molecule has 2 aromatic heterocycles. The number of aromatic nitrogens is 4. The van der Waals surface area contributed by atoms with Crippen LogP contribution in [-0.2, 0) is 0 Å². The van der Waals surface area contributed by atoms with Crippen LogP contribution < -0.4 is 0 Å². The summed E-state index contributed by atoms with van der Waals surface area (Å²) in [6.07, 6.45) is 0. The van der Waals surface area contributed by atoms with Crippen molar-refractivity contribution in [1.29, 1.82) is 0 Å². The van der Waals surface area contributed by atoms with E-state index in [1.807, 2.05) is 42.5 Å². The van der Waals surface area contributed by atoms with Gasteiger partial charge in [-0.3, -0.25) is 5.10 Å². The first-order chi connectivity index (χ1) is 12.3. The number of fused-ring (bicyclic) bond motifs is 2. The van der Waals surface area contributed by atoms with Crippen LogP contribution in [-0.4, -0.2) is 20.2 Å². The Labute approximate surface area is 142 Å². The molecule has 0 unspecified atom stereocenters. The van der Waals surface area contributed by atoms with Gasteiger partial charge in [0, 0.05) is 5.39 Å². The van der Waals surface area contributed by atoms with E-state index in [9.17, 15) is 4.39 Å². The van der Waals surface area contributed by atoms with Crippen LogP contribution in [0.3, 0.4) is 0 Å². The van der Waals surface area contributed by atoms with Gasteiger partial charge in [0.1, 0.15) is 11.5 Å². The van der Waals surface area contributed by atoms with Crippen LogP contribution in [0, 0.1) is 5.82 Å². The van der Waals surface area contributed by atoms with Gasteiger partial charge in [0.15, 0.2) is 5.82 Å². The van der Waals surface area contributed by atoms with Gasteiger partial charge in [-0.05, 0) is 41.5 Å². The van der Waals surface area contributed by atoms with Crippen molar-refractivity contribution < 1.29 is 4.39 Å². The number of aromatic amines is 2. The highest BCUT2D eigenvalue weighted by Crippen LogP contribution is 2.28. The molecule has 0 spiro atoms. The second-order valence-corrected chi connectivity index (χ2v) is 5.94. The molecule has 5 heteroatoms. The zero-order valence-corrected chi connectivity index (χ0v) is 13.1. The third-order valence-corrected chi connectivity index (χ3v) is 4.36. The molecule has 3 aromatic carbocycles. The summed E-state index contributed by atoms with van der Waals surface area (Å²) in [5.74, 6) is 0.514. The van der Waals surface area contributed by atoms with Crippen molar-refractivity contribution in [2.45, 2.75) is 0 Å². The Morgan fingerprint density at radius 1 is 0.800 bits per heavy atom. The fourth-order valence-electron chi connectivity index (χ4n) is 3.09. The average Bonchev–Trinajstić information content (AvgIpc) is 3.25. The quantitative estimate of drug-likeness (QED) is 0.483. The maximum atomic E-state index is 13.1. The van der Waals surface area contributed by atoms with Crippen molar-refractivity contribution in [1.82, 2.24) is 20.2 Å².